The van der Waals surface area contributed by atoms with Crippen LogP contribution in [0.15, 0.2) is 78.7 Å². The van der Waals surface area contributed by atoms with Crippen LogP contribution in [0.25, 0.3) is 0 Å². The molecule has 6 heteroatoms. The summed E-state index contributed by atoms with van der Waals surface area (Å²) < 4.78 is 0. The third-order valence-electron chi connectivity index (χ3n) is 7.87. The molecule has 2 heterocycles. The molecule has 1 N–H and O–H groups in total. The summed E-state index contributed by atoms with van der Waals surface area (Å²) in [5.74, 6) is -0.140. The van der Waals surface area contributed by atoms with Gasteiger partial charge < -0.3 is 10.2 Å². The van der Waals surface area contributed by atoms with Gasteiger partial charge in [0.1, 0.15) is 6.04 Å². The van der Waals surface area contributed by atoms with Gasteiger partial charge in [0.25, 0.3) is 5.91 Å². The molecule has 1 saturated carbocycles. The molecule has 198 valence electrons. The minimum Gasteiger partial charge on any atom is -0.307 e. The number of nitrogens with one attached hydrogen (secondary N) is 1. The van der Waals surface area contributed by atoms with Gasteiger partial charge in [-0.25, -0.2) is 0 Å². The van der Waals surface area contributed by atoms with E-state index in [-0.39, 0.29) is 30.4 Å². The van der Waals surface area contributed by atoms with E-state index in [0.717, 1.165) is 61.0 Å². The zero-order chi connectivity index (χ0) is 26.6. The number of fused-ring (bicyclic) bond motifs is 2. The quantitative estimate of drug-likeness (QED) is 0.482. The molecule has 38 heavy (non-hydrogen) atoms. The molecule has 2 unspecified atom stereocenters. The van der Waals surface area contributed by atoms with Crippen molar-refractivity contribution in [1.29, 1.82) is 0 Å². The number of carbonyl (C=O) groups is 2. The first-order valence-corrected chi connectivity index (χ1v) is 13.9. The van der Waals surface area contributed by atoms with E-state index in [0.29, 0.717) is 5.70 Å². The topological polar surface area (TPSA) is 65.5 Å². The standard InChI is InChI=1S/C32H38N4O2/c1-4-11-26(18-22(2)3)36(30(37)21-34-24-19-23-12-10-17-33-28(23)20-24)31-27-15-8-9-16-29(27)35(32(31)38)25-13-6-5-7-14-25/h4,8-12,15-18,24-25,31,34H,2,5-7,13-14,19-21H2,1,3H3/b11-4-,26-18+. The summed E-state index contributed by atoms with van der Waals surface area (Å²) >= 11 is 0. The molecule has 3 aliphatic rings. The average molecular weight is 511 g/mol. The summed E-state index contributed by atoms with van der Waals surface area (Å²) in [6.07, 6.45) is 14.7. The number of amides is 2. The Labute approximate surface area is 226 Å². The molecule has 1 aromatic heterocycles. The molecule has 2 amide bonds. The first kappa shape index (κ1) is 26.1. The van der Waals surface area contributed by atoms with Crippen molar-refractivity contribution < 1.29 is 9.59 Å². The van der Waals surface area contributed by atoms with Crippen LogP contribution in [0.4, 0.5) is 5.69 Å². The van der Waals surface area contributed by atoms with Crippen molar-refractivity contribution in [2.45, 2.75) is 76.9 Å². The Balaban J connectivity index is 1.46. The number of benzene rings is 1. The number of hydrogen-bond acceptors (Lipinski definition) is 4. The smallest absolute Gasteiger partial charge is 0.255 e. The zero-order valence-electron chi connectivity index (χ0n) is 22.5. The second-order valence-corrected chi connectivity index (χ2v) is 10.7. The van der Waals surface area contributed by atoms with Gasteiger partial charge in [-0.2, -0.15) is 0 Å². The van der Waals surface area contributed by atoms with E-state index in [9.17, 15) is 9.59 Å². The monoisotopic (exact) mass is 510 g/mol. The molecule has 1 aliphatic heterocycles. The third kappa shape index (κ3) is 5.23. The Bertz CT molecular complexity index is 1250. The lowest BCUT2D eigenvalue weighted by molar-refractivity contribution is -0.136. The first-order valence-electron chi connectivity index (χ1n) is 13.9. The Morgan fingerprint density at radius 1 is 1.16 bits per heavy atom. The number of aromatic nitrogens is 1. The molecule has 0 bridgehead atoms. The van der Waals surface area contributed by atoms with Gasteiger partial charge in [-0.05, 0) is 63.0 Å². The minimum absolute atomic E-state index is 0.0129. The summed E-state index contributed by atoms with van der Waals surface area (Å²) in [7, 11) is 0. The third-order valence-corrected chi connectivity index (χ3v) is 7.87. The van der Waals surface area contributed by atoms with Crippen molar-refractivity contribution in [3.8, 4) is 0 Å². The van der Waals surface area contributed by atoms with Crippen molar-refractivity contribution in [2.75, 3.05) is 11.4 Å². The van der Waals surface area contributed by atoms with E-state index < -0.39 is 6.04 Å². The number of carbonyl (C=O) groups excluding carboxylic acids is 2. The van der Waals surface area contributed by atoms with Crippen LogP contribution in [0, 0.1) is 0 Å². The predicted molar refractivity (Wildman–Crippen MR) is 152 cm³/mol. The van der Waals surface area contributed by atoms with Crippen LogP contribution in [0.2, 0.25) is 0 Å². The lowest BCUT2D eigenvalue weighted by Gasteiger charge is -2.34. The average Bonchev–Trinajstić information content (AvgIpc) is 3.46. The van der Waals surface area contributed by atoms with E-state index in [4.69, 9.17) is 0 Å². The maximum absolute atomic E-state index is 14.2. The zero-order valence-corrected chi connectivity index (χ0v) is 22.5. The molecule has 2 aromatic rings. The number of allylic oxidation sites excluding steroid dienone is 4. The highest BCUT2D eigenvalue weighted by molar-refractivity contribution is 6.07. The van der Waals surface area contributed by atoms with Crippen LogP contribution in [-0.2, 0) is 22.4 Å². The molecule has 1 fully saturated rings. The highest BCUT2D eigenvalue weighted by atomic mass is 16.2. The first-order chi connectivity index (χ1) is 18.5. The fraction of sp³-hybridized carbons (Fsp3) is 0.406. The lowest BCUT2D eigenvalue weighted by atomic mass is 9.94. The fourth-order valence-electron chi connectivity index (χ4n) is 6.22. The summed E-state index contributed by atoms with van der Waals surface area (Å²) in [6.45, 7) is 8.03. The van der Waals surface area contributed by atoms with Gasteiger partial charge in [-0.3, -0.25) is 19.5 Å². The van der Waals surface area contributed by atoms with Gasteiger partial charge in [0.05, 0.1) is 6.54 Å². The maximum Gasteiger partial charge on any atom is 0.255 e. The lowest BCUT2D eigenvalue weighted by Crippen LogP contribution is -2.47. The van der Waals surface area contributed by atoms with Crippen LogP contribution in [0.3, 0.4) is 0 Å². The van der Waals surface area contributed by atoms with E-state index >= 15 is 0 Å². The predicted octanol–water partition coefficient (Wildman–Crippen LogP) is 5.42. The van der Waals surface area contributed by atoms with Crippen molar-refractivity contribution in [3.63, 3.8) is 0 Å². The second-order valence-electron chi connectivity index (χ2n) is 10.7. The summed E-state index contributed by atoms with van der Waals surface area (Å²) in [6, 6.07) is 11.7. The van der Waals surface area contributed by atoms with Crippen LogP contribution in [-0.4, -0.2) is 40.3 Å². The molecule has 1 aromatic carbocycles. The Hall–Kier alpha value is -3.51. The van der Waals surface area contributed by atoms with Gasteiger partial charge >= 0.3 is 0 Å². The van der Waals surface area contributed by atoms with E-state index in [1.54, 1.807) is 4.90 Å². The van der Waals surface area contributed by atoms with Gasteiger partial charge in [0, 0.05) is 47.3 Å². The molecule has 5 rings (SSSR count). The summed E-state index contributed by atoms with van der Waals surface area (Å²) in [5, 5.41) is 3.47. The fourth-order valence-corrected chi connectivity index (χ4v) is 6.22. The summed E-state index contributed by atoms with van der Waals surface area (Å²) in [5.41, 5.74) is 5.66. The van der Waals surface area contributed by atoms with Gasteiger partial charge in [-0.1, -0.05) is 61.8 Å². The van der Waals surface area contributed by atoms with Gasteiger partial charge in [0.15, 0.2) is 0 Å². The van der Waals surface area contributed by atoms with Crippen molar-refractivity contribution >= 4 is 17.5 Å². The van der Waals surface area contributed by atoms with E-state index in [1.165, 1.54) is 12.0 Å². The highest BCUT2D eigenvalue weighted by Gasteiger charge is 2.46. The summed E-state index contributed by atoms with van der Waals surface area (Å²) in [4.78, 5) is 36.5. The molecular formula is C32H38N4O2. The molecule has 0 saturated heterocycles. The van der Waals surface area contributed by atoms with Crippen LogP contribution < -0.4 is 10.2 Å². The molecule has 2 aliphatic carbocycles. The molecular weight excluding hydrogens is 472 g/mol. The number of para-hydroxylation sites is 1. The van der Waals surface area contributed by atoms with Crippen molar-refractivity contribution in [3.05, 3.63) is 95.5 Å². The number of nitrogens with zero attached hydrogens (tertiary/aromatic N) is 3. The normalized spacial score (nSPS) is 21.6. The Morgan fingerprint density at radius 3 is 2.68 bits per heavy atom. The number of anilines is 1. The second kappa shape index (κ2) is 11.5. The molecule has 0 spiro atoms. The van der Waals surface area contributed by atoms with E-state index in [1.807, 2.05) is 73.5 Å². The number of rotatable bonds is 8. The van der Waals surface area contributed by atoms with Crippen LogP contribution in [0.5, 0.6) is 0 Å². The van der Waals surface area contributed by atoms with Crippen molar-refractivity contribution in [1.82, 2.24) is 15.2 Å². The Morgan fingerprint density at radius 2 is 1.95 bits per heavy atom. The highest BCUT2D eigenvalue weighted by Crippen LogP contribution is 2.44. The molecule has 2 atom stereocenters. The number of hydrogen-bond donors (Lipinski definition) is 1. The van der Waals surface area contributed by atoms with Crippen LogP contribution in [0.1, 0.15) is 68.8 Å². The largest absolute Gasteiger partial charge is 0.307 e. The van der Waals surface area contributed by atoms with Crippen LogP contribution >= 0.6 is 0 Å². The van der Waals surface area contributed by atoms with Crippen molar-refractivity contribution in [2.24, 2.45) is 0 Å². The maximum atomic E-state index is 14.2. The van der Waals surface area contributed by atoms with Gasteiger partial charge in [0.2, 0.25) is 5.91 Å². The SMILES string of the molecule is C=C(C)/C=C(\C=C/C)N(C(=O)CNC1Cc2cccnc2C1)C1C(=O)N(C2CCCCC2)c2ccccc21. The molecule has 0 radical (unpaired) electrons. The van der Waals surface area contributed by atoms with Gasteiger partial charge in [-0.15, -0.1) is 0 Å². The molecule has 6 nitrogen and oxygen atoms in total. The number of pyridine rings is 1. The van der Waals surface area contributed by atoms with E-state index in [2.05, 4.69) is 22.9 Å². The Kier molecular flexibility index (Phi) is 7.89. The minimum atomic E-state index is -0.702.